The molecule has 3 rings (SSSR count). The molecule has 78 valence electrons. The molecule has 0 aliphatic carbocycles. The van der Waals surface area contributed by atoms with E-state index in [0.717, 1.165) is 11.3 Å². The number of hydrogen-bond acceptors (Lipinski definition) is 3. The molecule has 0 saturated heterocycles. The first kappa shape index (κ1) is 9.48. The minimum Gasteiger partial charge on any atom is -0.244 e. The lowest BCUT2D eigenvalue weighted by Crippen LogP contribution is -1.88. The number of thiophene rings is 1. The number of fused-ring (bicyclic) bond motifs is 1. The number of aromatic nitrogens is 2. The number of nitrogens with zero attached hydrogens (tertiary/aromatic N) is 2. The van der Waals surface area contributed by atoms with Crippen LogP contribution in [0.2, 0.25) is 0 Å². The predicted molar refractivity (Wildman–Crippen MR) is 67.6 cm³/mol. The van der Waals surface area contributed by atoms with Gasteiger partial charge in [0.2, 0.25) is 0 Å². The van der Waals surface area contributed by atoms with Gasteiger partial charge < -0.3 is 0 Å². The Bertz CT molecular complexity index is 643. The summed E-state index contributed by atoms with van der Waals surface area (Å²) in [4.78, 5) is 8.35. The molecule has 16 heavy (non-hydrogen) atoms. The average Bonchev–Trinajstić information content (AvgIpc) is 2.77. The van der Waals surface area contributed by atoms with Crippen LogP contribution in [0.15, 0.2) is 42.2 Å². The van der Waals surface area contributed by atoms with E-state index in [-0.39, 0.29) is 0 Å². The van der Waals surface area contributed by atoms with E-state index in [0.29, 0.717) is 0 Å². The second kappa shape index (κ2) is 3.68. The summed E-state index contributed by atoms with van der Waals surface area (Å²) in [6.45, 7) is 2.02. The Morgan fingerprint density at radius 2 is 2.06 bits per heavy atom. The Morgan fingerprint density at radius 3 is 2.94 bits per heavy atom. The molecule has 0 aliphatic rings. The Labute approximate surface area is 97.6 Å². The van der Waals surface area contributed by atoms with Crippen LogP contribution in [0.3, 0.4) is 0 Å². The molecule has 0 aliphatic heterocycles. The number of hydrogen-bond donors (Lipinski definition) is 0. The molecule has 0 fully saturated rings. The third kappa shape index (κ3) is 1.41. The second-order valence-corrected chi connectivity index (χ2v) is 4.58. The molecule has 0 N–H and O–H groups in total. The maximum atomic E-state index is 4.24. The van der Waals surface area contributed by atoms with Gasteiger partial charge in [-0.3, -0.25) is 0 Å². The fourth-order valence-corrected chi connectivity index (χ4v) is 2.79. The topological polar surface area (TPSA) is 25.8 Å². The second-order valence-electron chi connectivity index (χ2n) is 3.67. The molecular weight excluding hydrogens is 216 g/mol. The van der Waals surface area contributed by atoms with Gasteiger partial charge >= 0.3 is 0 Å². The zero-order valence-electron chi connectivity index (χ0n) is 8.84. The lowest BCUT2D eigenvalue weighted by molar-refractivity contribution is 1.11. The fraction of sp³-hybridized carbons (Fsp3) is 0.0769. The van der Waals surface area contributed by atoms with Gasteiger partial charge in [-0.25, -0.2) is 9.97 Å². The number of benzene rings is 1. The monoisotopic (exact) mass is 226 g/mol. The van der Waals surface area contributed by atoms with Crippen molar-refractivity contribution in [3.63, 3.8) is 0 Å². The van der Waals surface area contributed by atoms with Crippen LogP contribution in [0.4, 0.5) is 0 Å². The van der Waals surface area contributed by atoms with Crippen molar-refractivity contribution in [2.45, 2.75) is 6.92 Å². The van der Waals surface area contributed by atoms with E-state index < -0.39 is 0 Å². The first-order chi connectivity index (χ1) is 7.86. The van der Waals surface area contributed by atoms with E-state index in [9.17, 15) is 0 Å². The van der Waals surface area contributed by atoms with Gasteiger partial charge in [0.15, 0.2) is 0 Å². The van der Waals surface area contributed by atoms with Gasteiger partial charge in [-0.05, 0) is 23.8 Å². The highest BCUT2D eigenvalue weighted by molar-refractivity contribution is 7.17. The van der Waals surface area contributed by atoms with E-state index in [1.165, 1.54) is 15.6 Å². The molecule has 0 atom stereocenters. The fourth-order valence-electron chi connectivity index (χ4n) is 1.86. The molecule has 1 aromatic carbocycles. The average molecular weight is 226 g/mol. The summed E-state index contributed by atoms with van der Waals surface area (Å²) in [5.74, 6) is 0. The van der Waals surface area contributed by atoms with Crippen molar-refractivity contribution < 1.29 is 0 Å². The van der Waals surface area contributed by atoms with Crippen LogP contribution in [0, 0.1) is 6.92 Å². The predicted octanol–water partition coefficient (Wildman–Crippen LogP) is 3.67. The third-order valence-corrected chi connectivity index (χ3v) is 3.64. The first-order valence-corrected chi connectivity index (χ1v) is 5.97. The van der Waals surface area contributed by atoms with Crippen molar-refractivity contribution in [2.24, 2.45) is 0 Å². The van der Waals surface area contributed by atoms with Gasteiger partial charge in [-0.1, -0.05) is 18.2 Å². The quantitative estimate of drug-likeness (QED) is 0.632. The van der Waals surface area contributed by atoms with Crippen LogP contribution in [-0.4, -0.2) is 9.97 Å². The summed E-state index contributed by atoms with van der Waals surface area (Å²) in [5, 5.41) is 3.40. The van der Waals surface area contributed by atoms with Gasteiger partial charge in [-0.2, -0.15) is 0 Å². The zero-order valence-corrected chi connectivity index (χ0v) is 9.66. The van der Waals surface area contributed by atoms with Crippen LogP contribution in [0.1, 0.15) is 5.69 Å². The van der Waals surface area contributed by atoms with Crippen molar-refractivity contribution in [1.82, 2.24) is 9.97 Å². The molecule has 0 radical (unpaired) electrons. The molecule has 0 amide bonds. The Hall–Kier alpha value is -1.74. The molecule has 0 spiro atoms. The molecule has 3 heteroatoms. The van der Waals surface area contributed by atoms with Crippen molar-refractivity contribution in [3.05, 3.63) is 47.9 Å². The summed E-state index contributed by atoms with van der Waals surface area (Å²) >= 11 is 1.76. The Morgan fingerprint density at radius 1 is 1.12 bits per heavy atom. The number of aryl methyl sites for hydroxylation is 1. The molecule has 0 unspecified atom stereocenters. The summed E-state index contributed by atoms with van der Waals surface area (Å²) in [6, 6.07) is 8.48. The maximum absolute atomic E-state index is 4.24. The van der Waals surface area contributed by atoms with Crippen molar-refractivity contribution in [1.29, 1.82) is 0 Å². The third-order valence-electron chi connectivity index (χ3n) is 2.68. The molecule has 2 aromatic heterocycles. The lowest BCUT2D eigenvalue weighted by atomic mass is 10.0. The summed E-state index contributed by atoms with van der Waals surface area (Å²) < 4.78 is 1.31. The standard InChI is InChI=1S/C13H10N2S/c1-9-12(7-14-8-15-9)11-4-2-3-10-5-6-16-13(10)11/h2-8H,1H3. The molecule has 0 saturated carbocycles. The Balaban J connectivity index is 2.34. The normalized spacial score (nSPS) is 10.8. The molecule has 2 nitrogen and oxygen atoms in total. The highest BCUT2D eigenvalue weighted by Gasteiger charge is 2.07. The van der Waals surface area contributed by atoms with Crippen LogP contribution in [0.5, 0.6) is 0 Å². The van der Waals surface area contributed by atoms with Gasteiger partial charge in [0.1, 0.15) is 6.33 Å². The van der Waals surface area contributed by atoms with Gasteiger partial charge in [0, 0.05) is 27.7 Å². The number of rotatable bonds is 1. The van der Waals surface area contributed by atoms with Gasteiger partial charge in [0.25, 0.3) is 0 Å². The maximum Gasteiger partial charge on any atom is 0.115 e. The summed E-state index contributed by atoms with van der Waals surface area (Å²) in [5.41, 5.74) is 3.37. The highest BCUT2D eigenvalue weighted by Crippen LogP contribution is 2.32. The molecule has 0 bridgehead atoms. The van der Waals surface area contributed by atoms with E-state index in [4.69, 9.17) is 0 Å². The minimum absolute atomic E-state index is 1.02. The Kier molecular flexibility index (Phi) is 2.18. The van der Waals surface area contributed by atoms with E-state index in [1.807, 2.05) is 13.1 Å². The summed E-state index contributed by atoms with van der Waals surface area (Å²) in [7, 11) is 0. The van der Waals surface area contributed by atoms with Crippen molar-refractivity contribution >= 4 is 21.4 Å². The van der Waals surface area contributed by atoms with Crippen LogP contribution >= 0.6 is 11.3 Å². The van der Waals surface area contributed by atoms with E-state index in [1.54, 1.807) is 17.7 Å². The van der Waals surface area contributed by atoms with Crippen molar-refractivity contribution in [3.8, 4) is 11.1 Å². The van der Waals surface area contributed by atoms with Crippen LogP contribution in [0.25, 0.3) is 21.2 Å². The van der Waals surface area contributed by atoms with Crippen LogP contribution < -0.4 is 0 Å². The largest absolute Gasteiger partial charge is 0.244 e. The van der Waals surface area contributed by atoms with E-state index >= 15 is 0 Å². The summed E-state index contributed by atoms with van der Waals surface area (Å²) in [6.07, 6.45) is 3.48. The van der Waals surface area contributed by atoms with Crippen LogP contribution in [-0.2, 0) is 0 Å². The molecule has 2 heterocycles. The molecular formula is C13H10N2S. The van der Waals surface area contributed by atoms with Gasteiger partial charge in [-0.15, -0.1) is 11.3 Å². The van der Waals surface area contributed by atoms with E-state index in [2.05, 4.69) is 39.6 Å². The SMILES string of the molecule is Cc1ncncc1-c1cccc2ccsc12. The molecule has 3 aromatic rings. The lowest BCUT2D eigenvalue weighted by Gasteiger charge is -2.05. The first-order valence-electron chi connectivity index (χ1n) is 5.09. The van der Waals surface area contributed by atoms with Crippen molar-refractivity contribution in [2.75, 3.05) is 0 Å². The zero-order chi connectivity index (χ0) is 11.0. The minimum atomic E-state index is 1.02. The van der Waals surface area contributed by atoms with Gasteiger partial charge in [0.05, 0.1) is 0 Å². The smallest absolute Gasteiger partial charge is 0.115 e. The highest BCUT2D eigenvalue weighted by atomic mass is 32.1.